The fourth-order valence-electron chi connectivity index (χ4n) is 1.98. The van der Waals surface area contributed by atoms with Crippen molar-refractivity contribution in [2.45, 2.75) is 11.3 Å². The van der Waals surface area contributed by atoms with Crippen LogP contribution in [0.3, 0.4) is 0 Å². The molecule has 0 bridgehead atoms. The normalized spacial score (nSPS) is 10.3. The predicted molar refractivity (Wildman–Crippen MR) is 91.9 cm³/mol. The summed E-state index contributed by atoms with van der Waals surface area (Å²) in [6, 6.07) is 15.3. The molecule has 5 heteroatoms. The highest BCUT2D eigenvalue weighted by Gasteiger charge is 2.05. The van der Waals surface area contributed by atoms with E-state index in [1.54, 1.807) is 7.11 Å². The van der Waals surface area contributed by atoms with Crippen LogP contribution in [0.25, 0.3) is 0 Å². The Labute approximate surface area is 140 Å². The predicted octanol–water partition coefficient (Wildman–Crippen LogP) is 3.80. The van der Waals surface area contributed by atoms with E-state index in [1.807, 2.05) is 48.5 Å². The SMILES string of the molecule is COc1ccccc1CCNC(=O)CSc1ccc(Cl)cc1. The third kappa shape index (κ3) is 5.28. The van der Waals surface area contributed by atoms with Crippen LogP contribution >= 0.6 is 23.4 Å². The third-order valence-corrected chi connectivity index (χ3v) is 4.36. The molecule has 1 N–H and O–H groups in total. The lowest BCUT2D eigenvalue weighted by molar-refractivity contribution is -0.118. The van der Waals surface area contributed by atoms with Gasteiger partial charge in [0.15, 0.2) is 0 Å². The van der Waals surface area contributed by atoms with E-state index in [0.29, 0.717) is 17.3 Å². The van der Waals surface area contributed by atoms with Gasteiger partial charge in [-0.2, -0.15) is 0 Å². The summed E-state index contributed by atoms with van der Waals surface area (Å²) >= 11 is 7.32. The van der Waals surface area contributed by atoms with Gasteiger partial charge in [0.2, 0.25) is 5.91 Å². The minimum atomic E-state index is 0.0230. The van der Waals surface area contributed by atoms with Crippen molar-refractivity contribution in [3.8, 4) is 5.75 Å². The molecule has 2 rings (SSSR count). The lowest BCUT2D eigenvalue weighted by Gasteiger charge is -2.09. The molecule has 0 aliphatic carbocycles. The number of benzene rings is 2. The van der Waals surface area contributed by atoms with Gasteiger partial charge in [0, 0.05) is 16.5 Å². The van der Waals surface area contributed by atoms with Crippen molar-refractivity contribution < 1.29 is 9.53 Å². The number of rotatable bonds is 7. The Balaban J connectivity index is 1.72. The first-order chi connectivity index (χ1) is 10.7. The number of nitrogens with one attached hydrogen (secondary N) is 1. The van der Waals surface area contributed by atoms with Crippen LogP contribution in [0.15, 0.2) is 53.4 Å². The van der Waals surface area contributed by atoms with Crippen LogP contribution in [0.5, 0.6) is 5.75 Å². The highest BCUT2D eigenvalue weighted by molar-refractivity contribution is 8.00. The highest BCUT2D eigenvalue weighted by atomic mass is 35.5. The van der Waals surface area contributed by atoms with Crippen molar-refractivity contribution in [3.63, 3.8) is 0 Å². The number of halogens is 1. The van der Waals surface area contributed by atoms with Gasteiger partial charge in [-0.3, -0.25) is 4.79 Å². The van der Waals surface area contributed by atoms with Crippen molar-refractivity contribution in [2.24, 2.45) is 0 Å². The summed E-state index contributed by atoms with van der Waals surface area (Å²) in [5.41, 5.74) is 1.09. The molecule has 0 aliphatic heterocycles. The second-order valence-electron chi connectivity index (χ2n) is 4.65. The van der Waals surface area contributed by atoms with E-state index in [0.717, 1.165) is 22.6 Å². The van der Waals surface area contributed by atoms with Crippen LogP contribution in [0, 0.1) is 0 Å². The van der Waals surface area contributed by atoms with E-state index < -0.39 is 0 Å². The molecule has 116 valence electrons. The summed E-state index contributed by atoms with van der Waals surface area (Å²) in [5.74, 6) is 1.27. The first-order valence-corrected chi connectivity index (χ1v) is 8.32. The Hall–Kier alpha value is -1.65. The zero-order valence-electron chi connectivity index (χ0n) is 12.3. The number of hydrogen-bond donors (Lipinski definition) is 1. The Morgan fingerprint density at radius 2 is 1.91 bits per heavy atom. The molecule has 2 aromatic carbocycles. The number of carbonyl (C=O) groups excluding carboxylic acids is 1. The number of para-hydroxylation sites is 1. The zero-order valence-corrected chi connectivity index (χ0v) is 13.9. The van der Waals surface area contributed by atoms with Crippen LogP contribution in [0.4, 0.5) is 0 Å². The Morgan fingerprint density at radius 3 is 2.64 bits per heavy atom. The van der Waals surface area contributed by atoms with Gasteiger partial charge in [-0.25, -0.2) is 0 Å². The summed E-state index contributed by atoms with van der Waals surface area (Å²) in [6.45, 7) is 0.598. The van der Waals surface area contributed by atoms with Crippen molar-refractivity contribution in [2.75, 3.05) is 19.4 Å². The monoisotopic (exact) mass is 335 g/mol. The maximum absolute atomic E-state index is 11.8. The van der Waals surface area contributed by atoms with Gasteiger partial charge in [0.1, 0.15) is 5.75 Å². The molecule has 2 aromatic rings. The highest BCUT2D eigenvalue weighted by Crippen LogP contribution is 2.20. The van der Waals surface area contributed by atoms with Crippen LogP contribution in [-0.2, 0) is 11.2 Å². The minimum Gasteiger partial charge on any atom is -0.496 e. The fraction of sp³-hybridized carbons (Fsp3) is 0.235. The summed E-state index contributed by atoms with van der Waals surface area (Å²) in [4.78, 5) is 12.9. The molecule has 3 nitrogen and oxygen atoms in total. The summed E-state index contributed by atoms with van der Waals surface area (Å²) in [5, 5.41) is 3.62. The van der Waals surface area contributed by atoms with E-state index in [-0.39, 0.29) is 5.91 Å². The second kappa shape index (κ2) is 8.71. The molecule has 22 heavy (non-hydrogen) atoms. The maximum Gasteiger partial charge on any atom is 0.230 e. The molecule has 0 unspecified atom stereocenters. The van der Waals surface area contributed by atoms with Crippen LogP contribution in [-0.4, -0.2) is 25.3 Å². The van der Waals surface area contributed by atoms with Crippen molar-refractivity contribution in [3.05, 3.63) is 59.1 Å². The van der Waals surface area contributed by atoms with Crippen LogP contribution in [0.1, 0.15) is 5.56 Å². The third-order valence-electron chi connectivity index (χ3n) is 3.09. The first kappa shape index (κ1) is 16.7. The second-order valence-corrected chi connectivity index (χ2v) is 6.14. The first-order valence-electron chi connectivity index (χ1n) is 6.96. The minimum absolute atomic E-state index is 0.0230. The van der Waals surface area contributed by atoms with Gasteiger partial charge in [-0.1, -0.05) is 29.8 Å². The fourth-order valence-corrected chi connectivity index (χ4v) is 2.83. The van der Waals surface area contributed by atoms with Gasteiger partial charge in [-0.15, -0.1) is 11.8 Å². The molecule has 0 spiro atoms. The lowest BCUT2D eigenvalue weighted by atomic mass is 10.1. The number of methoxy groups -OCH3 is 1. The van der Waals surface area contributed by atoms with E-state index in [4.69, 9.17) is 16.3 Å². The van der Waals surface area contributed by atoms with Crippen LogP contribution < -0.4 is 10.1 Å². The molecule has 1 amide bonds. The molecule has 0 aromatic heterocycles. The summed E-state index contributed by atoms with van der Waals surface area (Å²) in [6.07, 6.45) is 0.751. The molecular weight excluding hydrogens is 318 g/mol. The van der Waals surface area contributed by atoms with E-state index in [1.165, 1.54) is 11.8 Å². The van der Waals surface area contributed by atoms with E-state index in [2.05, 4.69) is 5.32 Å². The Bertz CT molecular complexity index is 616. The van der Waals surface area contributed by atoms with Gasteiger partial charge in [0.05, 0.1) is 12.9 Å². The van der Waals surface area contributed by atoms with Gasteiger partial charge < -0.3 is 10.1 Å². The van der Waals surface area contributed by atoms with Crippen molar-refractivity contribution in [1.82, 2.24) is 5.32 Å². The van der Waals surface area contributed by atoms with Gasteiger partial charge >= 0.3 is 0 Å². The largest absolute Gasteiger partial charge is 0.496 e. The number of hydrogen-bond acceptors (Lipinski definition) is 3. The maximum atomic E-state index is 11.8. The molecule has 0 aliphatic rings. The topological polar surface area (TPSA) is 38.3 Å². The average molecular weight is 336 g/mol. The Morgan fingerprint density at radius 1 is 1.18 bits per heavy atom. The van der Waals surface area contributed by atoms with Crippen LogP contribution in [0.2, 0.25) is 5.02 Å². The average Bonchev–Trinajstić information content (AvgIpc) is 2.55. The molecule has 0 saturated heterocycles. The van der Waals surface area contributed by atoms with Crippen molar-refractivity contribution >= 4 is 29.3 Å². The Kier molecular flexibility index (Phi) is 6.62. The van der Waals surface area contributed by atoms with Crippen molar-refractivity contribution in [1.29, 1.82) is 0 Å². The number of carbonyl (C=O) groups is 1. The lowest BCUT2D eigenvalue weighted by Crippen LogP contribution is -2.27. The molecule has 0 saturated carbocycles. The van der Waals surface area contributed by atoms with E-state index in [9.17, 15) is 4.79 Å². The molecule has 0 fully saturated rings. The van der Waals surface area contributed by atoms with Gasteiger partial charge in [-0.05, 0) is 42.3 Å². The number of thioether (sulfide) groups is 1. The number of amides is 1. The molecule has 0 radical (unpaired) electrons. The van der Waals surface area contributed by atoms with E-state index >= 15 is 0 Å². The standard InChI is InChI=1S/C17H18ClNO2S/c1-21-16-5-3-2-4-13(16)10-11-19-17(20)12-22-15-8-6-14(18)7-9-15/h2-9H,10-12H2,1H3,(H,19,20). The zero-order chi connectivity index (χ0) is 15.8. The van der Waals surface area contributed by atoms with Gasteiger partial charge in [0.25, 0.3) is 0 Å². The number of ether oxygens (including phenoxy) is 1. The quantitative estimate of drug-likeness (QED) is 0.782. The summed E-state index contributed by atoms with van der Waals surface area (Å²) < 4.78 is 5.29. The molecular formula is C17H18ClNO2S. The smallest absolute Gasteiger partial charge is 0.230 e. The molecule has 0 atom stereocenters. The molecule has 0 heterocycles. The summed E-state index contributed by atoms with van der Waals surface area (Å²) in [7, 11) is 1.65.